The van der Waals surface area contributed by atoms with Crippen LogP contribution in [0.5, 0.6) is 0 Å². The number of carboxylic acid groups (broad SMARTS) is 1. The van der Waals surface area contributed by atoms with Gasteiger partial charge in [0.05, 0.1) is 5.97 Å². The lowest BCUT2D eigenvalue weighted by Crippen LogP contribution is -2.35. The Labute approximate surface area is 80.9 Å². The van der Waals surface area contributed by atoms with Gasteiger partial charge in [0.1, 0.15) is 6.04 Å². The third-order valence-corrected chi connectivity index (χ3v) is 1.75. The fourth-order valence-corrected chi connectivity index (χ4v) is 1.08. The Kier molecular flexibility index (Phi) is 3.58. The van der Waals surface area contributed by atoms with Crippen LogP contribution in [0.15, 0.2) is 35.3 Å². The third-order valence-electron chi connectivity index (χ3n) is 1.75. The van der Waals surface area contributed by atoms with Gasteiger partial charge in [-0.2, -0.15) is 4.99 Å². The van der Waals surface area contributed by atoms with Crippen molar-refractivity contribution in [1.29, 1.82) is 0 Å². The maximum absolute atomic E-state index is 10.5. The summed E-state index contributed by atoms with van der Waals surface area (Å²) in [6.07, 6.45) is 1.37. The molecule has 0 aliphatic rings. The summed E-state index contributed by atoms with van der Waals surface area (Å²) in [5.74, 6) is -1.36. The topological polar surface area (TPSA) is 69.6 Å². The van der Waals surface area contributed by atoms with E-state index in [1.54, 1.807) is 24.3 Å². The lowest BCUT2D eigenvalue weighted by atomic mass is 10.1. The molecule has 0 amide bonds. The summed E-state index contributed by atoms with van der Waals surface area (Å²) >= 11 is 0. The van der Waals surface area contributed by atoms with Crippen molar-refractivity contribution < 1.29 is 14.7 Å². The molecule has 0 saturated carbocycles. The summed E-state index contributed by atoms with van der Waals surface area (Å²) in [4.78, 5) is 23.6. The molecule has 1 atom stereocenters. The molecule has 0 spiro atoms. The van der Waals surface area contributed by atoms with Gasteiger partial charge in [-0.15, -0.1) is 0 Å². The van der Waals surface area contributed by atoms with Gasteiger partial charge in [0.25, 0.3) is 0 Å². The van der Waals surface area contributed by atoms with Crippen LogP contribution in [-0.4, -0.2) is 18.1 Å². The van der Waals surface area contributed by atoms with E-state index in [-0.39, 0.29) is 6.42 Å². The van der Waals surface area contributed by atoms with Crippen LogP contribution in [-0.2, 0) is 16.0 Å². The second-order valence-corrected chi connectivity index (χ2v) is 2.74. The van der Waals surface area contributed by atoms with Crippen LogP contribution in [0.25, 0.3) is 0 Å². The Hall–Kier alpha value is -1.93. The number of hydrogen-bond donors (Lipinski definition) is 0. The maximum Gasteiger partial charge on any atom is 0.235 e. The normalized spacial score (nSPS) is 11.4. The fraction of sp³-hybridized carbons (Fsp3) is 0.200. The first-order valence-corrected chi connectivity index (χ1v) is 4.06. The average Bonchev–Trinajstić information content (AvgIpc) is 2.18. The van der Waals surface area contributed by atoms with Crippen LogP contribution in [0.4, 0.5) is 0 Å². The molecule has 0 bridgehead atoms. The summed E-state index contributed by atoms with van der Waals surface area (Å²) in [5.41, 5.74) is 0.792. The first kappa shape index (κ1) is 10.2. The molecule has 0 aromatic heterocycles. The minimum atomic E-state index is -1.36. The standard InChI is InChI=1S/C10H9NO3/c12-7-11-9(10(13)14)6-8-4-2-1-3-5-8/h1-5,9H,6H2,(H,13,14)/p-1. The number of benzene rings is 1. The Morgan fingerprint density at radius 2 is 2.07 bits per heavy atom. The molecule has 1 unspecified atom stereocenters. The Bertz CT molecular complexity index is 353. The molecule has 4 heteroatoms. The molecular weight excluding hydrogens is 182 g/mol. The third kappa shape index (κ3) is 2.84. The van der Waals surface area contributed by atoms with Gasteiger partial charge < -0.3 is 9.90 Å². The molecule has 0 radical (unpaired) electrons. The molecule has 1 aromatic rings. The van der Waals surface area contributed by atoms with Gasteiger partial charge >= 0.3 is 0 Å². The van der Waals surface area contributed by atoms with E-state index in [4.69, 9.17) is 0 Å². The predicted octanol–water partition coefficient (Wildman–Crippen LogP) is -0.317. The quantitative estimate of drug-likeness (QED) is 0.482. The maximum atomic E-state index is 10.5. The zero-order chi connectivity index (χ0) is 10.4. The predicted molar refractivity (Wildman–Crippen MR) is 47.1 cm³/mol. The molecule has 1 rings (SSSR count). The minimum Gasteiger partial charge on any atom is -0.548 e. The van der Waals surface area contributed by atoms with Crippen molar-refractivity contribution in [2.45, 2.75) is 12.5 Å². The molecule has 0 heterocycles. The summed E-state index contributed by atoms with van der Waals surface area (Å²) in [7, 11) is 0. The van der Waals surface area contributed by atoms with Crippen LogP contribution < -0.4 is 5.11 Å². The number of carbonyl (C=O) groups excluding carboxylic acids is 2. The number of aliphatic imine (C=N–C) groups is 1. The first-order valence-electron chi connectivity index (χ1n) is 4.06. The van der Waals surface area contributed by atoms with Gasteiger partial charge in [0.15, 0.2) is 0 Å². The highest BCUT2D eigenvalue weighted by atomic mass is 16.4. The van der Waals surface area contributed by atoms with E-state index < -0.39 is 12.0 Å². The number of rotatable bonds is 4. The first-order chi connectivity index (χ1) is 6.74. The Balaban J connectivity index is 2.75. The highest BCUT2D eigenvalue weighted by Crippen LogP contribution is 2.04. The molecule has 0 aliphatic heterocycles. The van der Waals surface area contributed by atoms with Crippen LogP contribution >= 0.6 is 0 Å². The average molecular weight is 190 g/mol. The Morgan fingerprint density at radius 1 is 1.43 bits per heavy atom. The summed E-state index contributed by atoms with van der Waals surface area (Å²) in [5, 5.41) is 10.5. The SMILES string of the molecule is O=C=NC(Cc1ccccc1)C(=O)[O-]. The molecule has 72 valence electrons. The van der Waals surface area contributed by atoms with Crippen molar-refractivity contribution in [1.82, 2.24) is 0 Å². The molecule has 0 N–H and O–H groups in total. The van der Waals surface area contributed by atoms with Crippen LogP contribution in [0.1, 0.15) is 5.56 Å². The van der Waals surface area contributed by atoms with Crippen molar-refractivity contribution >= 4 is 12.0 Å². The minimum absolute atomic E-state index is 0.151. The van der Waals surface area contributed by atoms with Gasteiger partial charge in [0.2, 0.25) is 6.08 Å². The highest BCUT2D eigenvalue weighted by molar-refractivity contribution is 5.73. The number of carbonyl (C=O) groups is 1. The zero-order valence-corrected chi connectivity index (χ0v) is 7.34. The number of aliphatic carboxylic acids is 1. The van der Waals surface area contributed by atoms with Crippen molar-refractivity contribution in [3.63, 3.8) is 0 Å². The number of nitrogens with zero attached hydrogens (tertiary/aromatic N) is 1. The number of isocyanates is 1. The van der Waals surface area contributed by atoms with E-state index in [0.29, 0.717) is 0 Å². The van der Waals surface area contributed by atoms with Crippen molar-refractivity contribution in [2.75, 3.05) is 0 Å². The molecule has 0 saturated heterocycles. The lowest BCUT2D eigenvalue weighted by molar-refractivity contribution is -0.307. The highest BCUT2D eigenvalue weighted by Gasteiger charge is 2.08. The molecule has 0 fully saturated rings. The fourth-order valence-electron chi connectivity index (χ4n) is 1.08. The number of hydrogen-bond acceptors (Lipinski definition) is 4. The smallest absolute Gasteiger partial charge is 0.235 e. The van der Waals surface area contributed by atoms with Gasteiger partial charge in [-0.25, -0.2) is 4.79 Å². The van der Waals surface area contributed by atoms with E-state index >= 15 is 0 Å². The monoisotopic (exact) mass is 190 g/mol. The lowest BCUT2D eigenvalue weighted by Gasteiger charge is -2.10. The van der Waals surface area contributed by atoms with Crippen molar-refractivity contribution in [3.05, 3.63) is 35.9 Å². The molecule has 0 aliphatic carbocycles. The van der Waals surface area contributed by atoms with Crippen LogP contribution in [0.3, 0.4) is 0 Å². The summed E-state index contributed by atoms with van der Waals surface area (Å²) < 4.78 is 0. The van der Waals surface area contributed by atoms with Gasteiger partial charge in [-0.3, -0.25) is 0 Å². The van der Waals surface area contributed by atoms with E-state index in [9.17, 15) is 14.7 Å². The summed E-state index contributed by atoms with van der Waals surface area (Å²) in [6.45, 7) is 0. The van der Waals surface area contributed by atoms with Gasteiger partial charge in [-0.1, -0.05) is 30.3 Å². The zero-order valence-electron chi connectivity index (χ0n) is 7.34. The van der Waals surface area contributed by atoms with E-state index in [1.807, 2.05) is 6.07 Å². The van der Waals surface area contributed by atoms with E-state index in [2.05, 4.69) is 4.99 Å². The van der Waals surface area contributed by atoms with Crippen LogP contribution in [0.2, 0.25) is 0 Å². The second kappa shape index (κ2) is 4.94. The molecular formula is C10H8NO3-. The Morgan fingerprint density at radius 3 is 2.57 bits per heavy atom. The molecule has 4 nitrogen and oxygen atoms in total. The van der Waals surface area contributed by atoms with Crippen molar-refractivity contribution in [2.24, 2.45) is 4.99 Å². The van der Waals surface area contributed by atoms with Crippen LogP contribution in [0, 0.1) is 0 Å². The molecule has 1 aromatic carbocycles. The summed E-state index contributed by atoms with van der Waals surface area (Å²) in [6, 6.07) is 7.76. The molecule has 14 heavy (non-hydrogen) atoms. The van der Waals surface area contributed by atoms with Gasteiger partial charge in [-0.05, 0) is 5.56 Å². The van der Waals surface area contributed by atoms with E-state index in [0.717, 1.165) is 5.56 Å². The van der Waals surface area contributed by atoms with Gasteiger partial charge in [0, 0.05) is 6.42 Å². The largest absolute Gasteiger partial charge is 0.548 e. The number of carboxylic acids is 1. The van der Waals surface area contributed by atoms with Crippen molar-refractivity contribution in [3.8, 4) is 0 Å². The second-order valence-electron chi connectivity index (χ2n) is 2.74. The van der Waals surface area contributed by atoms with E-state index in [1.165, 1.54) is 6.08 Å².